The zero-order valence-electron chi connectivity index (χ0n) is 6.02. The van der Waals surface area contributed by atoms with Crippen LogP contribution in [0.3, 0.4) is 0 Å². The molecular weight excluding hydrogens is 162 g/mol. The third-order valence-corrected chi connectivity index (χ3v) is 3.51. The summed E-state index contributed by atoms with van der Waals surface area (Å²) in [6.45, 7) is 3.68. The molecule has 0 fully saturated rings. The van der Waals surface area contributed by atoms with Crippen LogP contribution in [0.4, 0.5) is 0 Å². The molecule has 0 saturated carbocycles. The van der Waals surface area contributed by atoms with Gasteiger partial charge in [-0.2, -0.15) is 0 Å². The standard InChI is InChI=1S/C7H11NS2/c1-3-9-7-6(8-2)4-5-10-7/h3,8H,1,4-5H2,2H3. The van der Waals surface area contributed by atoms with Gasteiger partial charge in [0.25, 0.3) is 0 Å². The Hall–Kier alpha value is -0.0200. The van der Waals surface area contributed by atoms with Crippen LogP contribution in [-0.4, -0.2) is 12.8 Å². The lowest BCUT2D eigenvalue weighted by molar-refractivity contribution is 0.921. The fraction of sp³-hybridized carbons (Fsp3) is 0.429. The average molecular weight is 173 g/mol. The molecule has 0 bridgehead atoms. The maximum atomic E-state index is 3.68. The molecule has 1 aliphatic rings. The molecule has 1 aliphatic heterocycles. The molecule has 1 heterocycles. The Labute approximate surface area is 70.3 Å². The molecule has 0 radical (unpaired) electrons. The Morgan fingerprint density at radius 2 is 2.60 bits per heavy atom. The molecule has 0 aromatic rings. The number of rotatable bonds is 3. The molecule has 1 nitrogen and oxygen atoms in total. The highest BCUT2D eigenvalue weighted by Crippen LogP contribution is 2.38. The Bertz CT molecular complexity index is 163. The van der Waals surface area contributed by atoms with Crippen LogP contribution >= 0.6 is 23.5 Å². The first-order valence-corrected chi connectivity index (χ1v) is 5.06. The lowest BCUT2D eigenvalue weighted by Gasteiger charge is -2.00. The third kappa shape index (κ3) is 1.73. The predicted molar refractivity (Wildman–Crippen MR) is 50.9 cm³/mol. The van der Waals surface area contributed by atoms with Crippen LogP contribution in [0.25, 0.3) is 0 Å². The van der Waals surface area contributed by atoms with Crippen molar-refractivity contribution in [1.82, 2.24) is 5.32 Å². The van der Waals surface area contributed by atoms with E-state index in [9.17, 15) is 0 Å². The minimum atomic E-state index is 1.18. The summed E-state index contributed by atoms with van der Waals surface area (Å²) in [5.41, 5.74) is 1.37. The van der Waals surface area contributed by atoms with E-state index in [-0.39, 0.29) is 0 Å². The molecule has 0 amide bonds. The highest BCUT2D eigenvalue weighted by Gasteiger charge is 2.12. The summed E-state index contributed by atoms with van der Waals surface area (Å²) in [4.78, 5) is 0. The molecule has 0 spiro atoms. The summed E-state index contributed by atoms with van der Waals surface area (Å²) in [7, 11) is 1.98. The molecule has 1 rings (SSSR count). The maximum absolute atomic E-state index is 3.68. The molecule has 0 aromatic heterocycles. The lowest BCUT2D eigenvalue weighted by atomic mass is 10.4. The highest BCUT2D eigenvalue weighted by molar-refractivity contribution is 8.23. The van der Waals surface area contributed by atoms with Crippen LogP contribution < -0.4 is 5.32 Å². The van der Waals surface area contributed by atoms with Crippen molar-refractivity contribution in [3.05, 3.63) is 21.9 Å². The van der Waals surface area contributed by atoms with E-state index < -0.39 is 0 Å². The van der Waals surface area contributed by atoms with Crippen LogP contribution in [0.2, 0.25) is 0 Å². The normalized spacial score (nSPS) is 17.7. The summed E-state index contributed by atoms with van der Waals surface area (Å²) >= 11 is 3.62. The van der Waals surface area contributed by atoms with Crippen molar-refractivity contribution in [3.8, 4) is 0 Å². The van der Waals surface area contributed by atoms with E-state index in [2.05, 4.69) is 11.9 Å². The first-order valence-electron chi connectivity index (χ1n) is 3.19. The van der Waals surface area contributed by atoms with Crippen LogP contribution in [-0.2, 0) is 0 Å². The molecule has 0 aromatic carbocycles. The first kappa shape index (κ1) is 8.08. The summed E-state index contributed by atoms with van der Waals surface area (Å²) in [6.07, 6.45) is 1.18. The van der Waals surface area contributed by atoms with Crippen LogP contribution in [0.15, 0.2) is 21.9 Å². The topological polar surface area (TPSA) is 12.0 Å². The van der Waals surface area contributed by atoms with Gasteiger partial charge in [0.2, 0.25) is 0 Å². The summed E-state index contributed by atoms with van der Waals surface area (Å²) in [6, 6.07) is 0. The average Bonchev–Trinajstić information content (AvgIpc) is 2.36. The van der Waals surface area contributed by atoms with Gasteiger partial charge in [0.1, 0.15) is 0 Å². The van der Waals surface area contributed by atoms with Crippen molar-refractivity contribution in [2.75, 3.05) is 12.8 Å². The minimum Gasteiger partial charge on any atom is -0.390 e. The van der Waals surface area contributed by atoms with E-state index in [0.29, 0.717) is 0 Å². The lowest BCUT2D eigenvalue weighted by Crippen LogP contribution is -2.03. The number of nitrogens with one attached hydrogen (secondary N) is 1. The summed E-state index contributed by atoms with van der Waals surface area (Å²) in [5, 5.41) is 5.07. The number of hydrogen-bond donors (Lipinski definition) is 1. The van der Waals surface area contributed by atoms with Gasteiger partial charge >= 0.3 is 0 Å². The molecule has 0 saturated heterocycles. The van der Waals surface area contributed by atoms with Gasteiger partial charge in [-0.15, -0.1) is 11.8 Å². The van der Waals surface area contributed by atoms with Gasteiger partial charge in [0.05, 0.1) is 4.24 Å². The largest absolute Gasteiger partial charge is 0.390 e. The number of thioether (sulfide) groups is 2. The maximum Gasteiger partial charge on any atom is 0.0634 e. The second-order valence-electron chi connectivity index (χ2n) is 1.90. The fourth-order valence-electron chi connectivity index (χ4n) is 0.843. The van der Waals surface area contributed by atoms with Gasteiger partial charge in [-0.05, 0) is 11.8 Å². The van der Waals surface area contributed by atoms with Gasteiger partial charge in [-0.1, -0.05) is 18.3 Å². The molecule has 0 unspecified atom stereocenters. The van der Waals surface area contributed by atoms with Crippen molar-refractivity contribution in [2.24, 2.45) is 0 Å². The van der Waals surface area contributed by atoms with Crippen molar-refractivity contribution in [2.45, 2.75) is 6.42 Å². The molecular formula is C7H11NS2. The molecule has 0 atom stereocenters. The monoisotopic (exact) mass is 173 g/mol. The highest BCUT2D eigenvalue weighted by atomic mass is 32.2. The molecule has 0 aliphatic carbocycles. The van der Waals surface area contributed by atoms with Crippen LogP contribution in [0.1, 0.15) is 6.42 Å². The molecule has 3 heteroatoms. The van der Waals surface area contributed by atoms with Crippen LogP contribution in [0, 0.1) is 0 Å². The molecule has 56 valence electrons. The Kier molecular flexibility index (Phi) is 3.22. The van der Waals surface area contributed by atoms with Gasteiger partial charge in [-0.25, -0.2) is 0 Å². The van der Waals surface area contributed by atoms with Crippen molar-refractivity contribution < 1.29 is 0 Å². The molecule has 1 N–H and O–H groups in total. The van der Waals surface area contributed by atoms with Crippen molar-refractivity contribution >= 4 is 23.5 Å². The zero-order valence-corrected chi connectivity index (χ0v) is 7.65. The van der Waals surface area contributed by atoms with Gasteiger partial charge in [0, 0.05) is 18.5 Å². The fourth-order valence-corrected chi connectivity index (χ4v) is 2.94. The van der Waals surface area contributed by atoms with Gasteiger partial charge in [0.15, 0.2) is 0 Å². The zero-order chi connectivity index (χ0) is 7.40. The third-order valence-electron chi connectivity index (χ3n) is 1.32. The minimum absolute atomic E-state index is 1.18. The quantitative estimate of drug-likeness (QED) is 0.704. The van der Waals surface area contributed by atoms with Crippen molar-refractivity contribution in [3.63, 3.8) is 0 Å². The Balaban J connectivity index is 2.58. The van der Waals surface area contributed by atoms with E-state index in [1.807, 2.05) is 24.2 Å². The smallest absolute Gasteiger partial charge is 0.0634 e. The van der Waals surface area contributed by atoms with Gasteiger partial charge < -0.3 is 5.32 Å². The van der Waals surface area contributed by atoms with Gasteiger partial charge in [-0.3, -0.25) is 0 Å². The second-order valence-corrected chi connectivity index (χ2v) is 4.24. The summed E-state index contributed by atoms with van der Waals surface area (Å²) < 4.78 is 1.39. The SMILES string of the molecule is C=CSC1=C(NC)CCS1. The Morgan fingerprint density at radius 3 is 3.20 bits per heavy atom. The number of hydrogen-bond acceptors (Lipinski definition) is 3. The Morgan fingerprint density at radius 1 is 1.80 bits per heavy atom. The van der Waals surface area contributed by atoms with E-state index in [1.54, 1.807) is 11.8 Å². The van der Waals surface area contributed by atoms with E-state index in [0.717, 1.165) is 0 Å². The van der Waals surface area contributed by atoms with E-state index in [4.69, 9.17) is 0 Å². The summed E-state index contributed by atoms with van der Waals surface area (Å²) in [5.74, 6) is 1.21. The van der Waals surface area contributed by atoms with E-state index >= 15 is 0 Å². The predicted octanol–water partition coefficient (Wildman–Crippen LogP) is 2.39. The van der Waals surface area contributed by atoms with Crippen molar-refractivity contribution in [1.29, 1.82) is 0 Å². The van der Waals surface area contributed by atoms with E-state index in [1.165, 1.54) is 22.1 Å². The number of allylic oxidation sites excluding steroid dienone is 1. The first-order chi connectivity index (χ1) is 4.88. The van der Waals surface area contributed by atoms with Crippen LogP contribution in [0.5, 0.6) is 0 Å². The molecule has 10 heavy (non-hydrogen) atoms. The second kappa shape index (κ2) is 3.98.